The molecule has 1 atom stereocenters. The van der Waals surface area contributed by atoms with Gasteiger partial charge in [-0.05, 0) is 29.7 Å². The third-order valence-electron chi connectivity index (χ3n) is 3.37. The number of hydrogen-bond donors (Lipinski definition) is 2. The molecule has 4 nitrogen and oxygen atoms in total. The molecule has 3 rings (SSSR count). The topological polar surface area (TPSA) is 53.5 Å². The molecule has 0 fully saturated rings. The lowest BCUT2D eigenvalue weighted by Crippen LogP contribution is -2.31. The fraction of sp³-hybridized carbons (Fsp3) is 0.385. The zero-order valence-electron chi connectivity index (χ0n) is 9.79. The van der Waals surface area contributed by atoms with E-state index in [4.69, 9.17) is 0 Å². The number of amides is 1. The lowest BCUT2D eigenvalue weighted by atomic mass is 9.93. The molecule has 0 saturated carbocycles. The number of fused-ring (bicyclic) bond motifs is 1. The van der Waals surface area contributed by atoms with E-state index in [2.05, 4.69) is 34.0 Å². The Labute approximate surface area is 100 Å². The molecule has 4 heteroatoms. The molecule has 88 valence electrons. The van der Waals surface area contributed by atoms with Gasteiger partial charge >= 0.3 is 0 Å². The molecule has 0 aromatic heterocycles. The SMILES string of the molecule is CC1CC(=O)NN=C1c1ccc2c(c1)CCN2. The van der Waals surface area contributed by atoms with Crippen LogP contribution >= 0.6 is 0 Å². The van der Waals surface area contributed by atoms with Crippen molar-refractivity contribution < 1.29 is 4.79 Å². The Morgan fingerprint density at radius 3 is 3.12 bits per heavy atom. The molecule has 1 aromatic rings. The summed E-state index contributed by atoms with van der Waals surface area (Å²) in [5, 5.41) is 7.52. The molecule has 2 N–H and O–H groups in total. The number of nitrogens with zero attached hydrogens (tertiary/aromatic N) is 1. The van der Waals surface area contributed by atoms with Crippen LogP contribution in [0.15, 0.2) is 23.3 Å². The van der Waals surface area contributed by atoms with Crippen LogP contribution in [0.25, 0.3) is 0 Å². The number of carbonyl (C=O) groups is 1. The number of rotatable bonds is 1. The standard InChI is InChI=1S/C13H15N3O/c1-8-6-12(17)15-16-13(8)10-2-3-11-9(7-10)4-5-14-11/h2-3,7-8,14H,4-6H2,1H3,(H,15,17). The molecule has 0 bridgehead atoms. The highest BCUT2D eigenvalue weighted by Gasteiger charge is 2.22. The van der Waals surface area contributed by atoms with Crippen molar-refractivity contribution in [1.29, 1.82) is 0 Å². The van der Waals surface area contributed by atoms with Crippen molar-refractivity contribution in [2.45, 2.75) is 19.8 Å². The predicted octanol–water partition coefficient (Wildman–Crippen LogP) is 1.51. The first-order valence-corrected chi connectivity index (χ1v) is 5.97. The minimum Gasteiger partial charge on any atom is -0.384 e. The quantitative estimate of drug-likeness (QED) is 0.767. The first-order chi connectivity index (χ1) is 8.24. The number of carbonyl (C=O) groups excluding carboxylic acids is 1. The van der Waals surface area contributed by atoms with E-state index in [1.54, 1.807) is 0 Å². The maximum absolute atomic E-state index is 11.2. The van der Waals surface area contributed by atoms with Gasteiger partial charge in [0.15, 0.2) is 0 Å². The van der Waals surface area contributed by atoms with E-state index in [1.807, 2.05) is 6.92 Å². The molecule has 1 unspecified atom stereocenters. The average molecular weight is 229 g/mol. The number of hydrogen-bond acceptors (Lipinski definition) is 3. The van der Waals surface area contributed by atoms with Crippen molar-refractivity contribution in [3.05, 3.63) is 29.3 Å². The number of benzene rings is 1. The van der Waals surface area contributed by atoms with E-state index in [0.717, 1.165) is 24.2 Å². The average Bonchev–Trinajstić information content (AvgIpc) is 2.75. The maximum Gasteiger partial charge on any atom is 0.240 e. The lowest BCUT2D eigenvalue weighted by Gasteiger charge is -2.19. The Morgan fingerprint density at radius 1 is 1.41 bits per heavy atom. The van der Waals surface area contributed by atoms with E-state index in [9.17, 15) is 4.79 Å². The van der Waals surface area contributed by atoms with Crippen molar-refractivity contribution in [3.63, 3.8) is 0 Å². The molecular formula is C13H15N3O. The van der Waals surface area contributed by atoms with E-state index < -0.39 is 0 Å². The third kappa shape index (κ3) is 1.79. The highest BCUT2D eigenvalue weighted by Crippen LogP contribution is 2.25. The molecule has 0 radical (unpaired) electrons. The zero-order valence-corrected chi connectivity index (χ0v) is 9.79. The number of hydrazone groups is 1. The van der Waals surface area contributed by atoms with Crippen molar-refractivity contribution >= 4 is 17.3 Å². The van der Waals surface area contributed by atoms with Gasteiger partial charge in [-0.25, -0.2) is 5.43 Å². The molecule has 17 heavy (non-hydrogen) atoms. The Kier molecular flexibility index (Phi) is 2.35. The second-order valence-electron chi connectivity index (χ2n) is 4.69. The summed E-state index contributed by atoms with van der Waals surface area (Å²) in [7, 11) is 0. The van der Waals surface area contributed by atoms with Gasteiger partial charge in [-0.15, -0.1) is 0 Å². The second-order valence-corrected chi connectivity index (χ2v) is 4.69. The predicted molar refractivity (Wildman–Crippen MR) is 67.1 cm³/mol. The summed E-state index contributed by atoms with van der Waals surface area (Å²) < 4.78 is 0. The first kappa shape index (κ1) is 10.3. The van der Waals surface area contributed by atoms with Gasteiger partial charge in [-0.2, -0.15) is 5.10 Å². The smallest absolute Gasteiger partial charge is 0.240 e. The Hall–Kier alpha value is -1.84. The van der Waals surface area contributed by atoms with Crippen LogP contribution in [0.4, 0.5) is 5.69 Å². The fourth-order valence-electron chi connectivity index (χ4n) is 2.47. The van der Waals surface area contributed by atoms with Crippen LogP contribution in [-0.2, 0) is 11.2 Å². The Morgan fingerprint density at radius 2 is 2.29 bits per heavy atom. The van der Waals surface area contributed by atoms with Crippen molar-refractivity contribution in [3.8, 4) is 0 Å². The monoisotopic (exact) mass is 229 g/mol. The van der Waals surface area contributed by atoms with Crippen LogP contribution in [-0.4, -0.2) is 18.2 Å². The molecule has 2 aliphatic heterocycles. The maximum atomic E-state index is 11.2. The van der Waals surface area contributed by atoms with E-state index in [0.29, 0.717) is 6.42 Å². The van der Waals surface area contributed by atoms with E-state index >= 15 is 0 Å². The summed E-state index contributed by atoms with van der Waals surface area (Å²) in [5.41, 5.74) is 7.24. The zero-order chi connectivity index (χ0) is 11.8. The molecule has 2 heterocycles. The van der Waals surface area contributed by atoms with Crippen molar-refractivity contribution in [1.82, 2.24) is 5.43 Å². The highest BCUT2D eigenvalue weighted by atomic mass is 16.2. The number of nitrogens with one attached hydrogen (secondary N) is 2. The van der Waals surface area contributed by atoms with Crippen LogP contribution in [0.5, 0.6) is 0 Å². The molecule has 0 aliphatic carbocycles. The summed E-state index contributed by atoms with van der Waals surface area (Å²) >= 11 is 0. The fourth-order valence-corrected chi connectivity index (χ4v) is 2.47. The van der Waals surface area contributed by atoms with Gasteiger partial charge in [0.1, 0.15) is 0 Å². The van der Waals surface area contributed by atoms with Crippen LogP contribution in [0.2, 0.25) is 0 Å². The Balaban J connectivity index is 1.96. The molecule has 0 saturated heterocycles. The second kappa shape index (κ2) is 3.87. The van der Waals surface area contributed by atoms with Gasteiger partial charge in [-0.3, -0.25) is 4.79 Å². The minimum atomic E-state index is 0.00377. The largest absolute Gasteiger partial charge is 0.384 e. The van der Waals surface area contributed by atoms with Gasteiger partial charge < -0.3 is 5.32 Å². The number of anilines is 1. The molecular weight excluding hydrogens is 214 g/mol. The summed E-state index contributed by atoms with van der Waals surface area (Å²) in [6.07, 6.45) is 1.59. The van der Waals surface area contributed by atoms with Gasteiger partial charge in [-0.1, -0.05) is 13.0 Å². The van der Waals surface area contributed by atoms with E-state index in [1.165, 1.54) is 11.3 Å². The van der Waals surface area contributed by atoms with Crippen LogP contribution < -0.4 is 10.7 Å². The van der Waals surface area contributed by atoms with Gasteiger partial charge in [0, 0.05) is 24.6 Å². The summed E-state index contributed by atoms with van der Waals surface area (Å²) in [4.78, 5) is 11.2. The van der Waals surface area contributed by atoms with Crippen molar-refractivity contribution in [2.24, 2.45) is 11.0 Å². The Bertz CT molecular complexity index is 507. The molecule has 1 amide bonds. The summed E-state index contributed by atoms with van der Waals surface area (Å²) in [6, 6.07) is 6.36. The van der Waals surface area contributed by atoms with Crippen LogP contribution in [0, 0.1) is 5.92 Å². The summed E-state index contributed by atoms with van der Waals surface area (Å²) in [6.45, 7) is 3.06. The van der Waals surface area contributed by atoms with Crippen LogP contribution in [0.1, 0.15) is 24.5 Å². The highest BCUT2D eigenvalue weighted by molar-refractivity contribution is 6.06. The van der Waals surface area contributed by atoms with Gasteiger partial charge in [0.25, 0.3) is 0 Å². The van der Waals surface area contributed by atoms with E-state index in [-0.39, 0.29) is 11.8 Å². The van der Waals surface area contributed by atoms with Crippen LogP contribution in [0.3, 0.4) is 0 Å². The van der Waals surface area contributed by atoms with Gasteiger partial charge in [0.05, 0.1) is 5.71 Å². The lowest BCUT2D eigenvalue weighted by molar-refractivity contribution is -0.121. The molecule has 2 aliphatic rings. The normalized spacial score (nSPS) is 22.5. The minimum absolute atomic E-state index is 0.00377. The molecule has 1 aromatic carbocycles. The summed E-state index contributed by atoms with van der Waals surface area (Å²) in [5.74, 6) is 0.195. The molecule has 0 spiro atoms. The first-order valence-electron chi connectivity index (χ1n) is 5.97. The third-order valence-corrected chi connectivity index (χ3v) is 3.37. The van der Waals surface area contributed by atoms with Crippen molar-refractivity contribution in [2.75, 3.05) is 11.9 Å². The van der Waals surface area contributed by atoms with Gasteiger partial charge in [0.2, 0.25) is 5.91 Å².